The molecule has 1 unspecified atom stereocenters. The molecule has 0 saturated carbocycles. The average Bonchev–Trinajstić information content (AvgIpc) is 2.64. The van der Waals surface area contributed by atoms with Crippen LogP contribution in [0.25, 0.3) is 0 Å². The number of carbonyl (C=O) groups is 1. The number of ketones is 1. The van der Waals surface area contributed by atoms with Gasteiger partial charge in [-0.25, -0.2) is 0 Å². The molecule has 8 nitrogen and oxygen atoms in total. The molecule has 1 aliphatic heterocycles. The van der Waals surface area contributed by atoms with E-state index in [1.165, 1.54) is 20.1 Å². The lowest BCUT2D eigenvalue weighted by Gasteiger charge is -2.37. The fraction of sp³-hybridized carbons (Fsp3) is 0.474. The third kappa shape index (κ3) is 4.09. The van der Waals surface area contributed by atoms with Crippen molar-refractivity contribution in [2.45, 2.75) is 40.2 Å². The van der Waals surface area contributed by atoms with E-state index in [0.717, 1.165) is 6.42 Å². The lowest BCUT2D eigenvalue weighted by molar-refractivity contribution is -0.385. The number of nitrogens with zero attached hydrogens (tertiary/aromatic N) is 2. The van der Waals surface area contributed by atoms with Crippen molar-refractivity contribution in [3.8, 4) is 11.5 Å². The lowest BCUT2D eigenvalue weighted by atomic mass is 9.91. The monoisotopic (exact) mass is 407 g/mol. The molecule has 1 heterocycles. The number of methoxy groups -OCH3 is 1. The number of ether oxygens (including phenoxy) is 2. The third-order valence-electron chi connectivity index (χ3n) is 4.57. The van der Waals surface area contributed by atoms with Crippen LogP contribution in [0.5, 0.6) is 11.5 Å². The smallest absolute Gasteiger partial charge is 0.279 e. The number of nitro groups is 1. The number of nitrogens with one attached hydrogen (secondary N) is 1. The van der Waals surface area contributed by atoms with E-state index in [0.29, 0.717) is 40.8 Å². The molecule has 0 fully saturated rings. The maximum Gasteiger partial charge on any atom is 0.279 e. The molecule has 1 N–H and O–H groups in total. The maximum atomic E-state index is 12.4. The number of nitro benzene ring substituents is 1. The minimum Gasteiger partial charge on any atom is -0.493 e. The Morgan fingerprint density at radius 3 is 2.54 bits per heavy atom. The molecule has 9 heteroatoms. The highest BCUT2D eigenvalue weighted by atomic mass is 32.1. The first-order valence-corrected chi connectivity index (χ1v) is 9.46. The minimum absolute atomic E-state index is 0.169. The molecular formula is C19H25N3O5S. The van der Waals surface area contributed by atoms with Gasteiger partial charge in [0, 0.05) is 17.8 Å². The number of Topliss-reactive ketones (excluding diaryl/α,β-unsaturated/α-hetero) is 1. The van der Waals surface area contributed by atoms with E-state index in [-0.39, 0.29) is 17.2 Å². The summed E-state index contributed by atoms with van der Waals surface area (Å²) in [6, 6.07) is 2.14. The molecular weight excluding hydrogens is 382 g/mol. The van der Waals surface area contributed by atoms with E-state index >= 15 is 0 Å². The quantitative estimate of drug-likeness (QED) is 0.397. The van der Waals surface area contributed by atoms with E-state index in [1.54, 1.807) is 17.9 Å². The average molecular weight is 407 g/mol. The molecule has 2 rings (SSSR count). The van der Waals surface area contributed by atoms with Crippen molar-refractivity contribution >= 4 is 28.8 Å². The highest BCUT2D eigenvalue weighted by Crippen LogP contribution is 2.41. The summed E-state index contributed by atoms with van der Waals surface area (Å²) in [6.45, 7) is 8.13. The summed E-state index contributed by atoms with van der Waals surface area (Å²) in [4.78, 5) is 25.5. The standard InChI is InChI=1S/C19H25N3O5S/c1-6-8-27-16-9-13(14(22(24)25)10-15(16)26-5)18-17(12(4)23)11(3)21(7-2)19(28)20-18/h9-10,18H,6-8H2,1-5H3,(H,20,28). The zero-order valence-corrected chi connectivity index (χ0v) is 17.5. The molecule has 0 aliphatic carbocycles. The normalized spacial score (nSPS) is 16.7. The molecule has 1 aromatic carbocycles. The predicted molar refractivity (Wildman–Crippen MR) is 110 cm³/mol. The van der Waals surface area contributed by atoms with Crippen LogP contribution in [-0.4, -0.2) is 41.0 Å². The fourth-order valence-corrected chi connectivity index (χ4v) is 3.67. The Morgan fingerprint density at radius 2 is 2.04 bits per heavy atom. The summed E-state index contributed by atoms with van der Waals surface area (Å²) in [5.41, 5.74) is 1.26. The number of rotatable bonds is 8. The van der Waals surface area contributed by atoms with Gasteiger partial charge >= 0.3 is 0 Å². The van der Waals surface area contributed by atoms with Gasteiger partial charge in [-0.15, -0.1) is 0 Å². The number of hydrogen-bond donors (Lipinski definition) is 1. The van der Waals surface area contributed by atoms with Crippen LogP contribution in [0.15, 0.2) is 23.4 Å². The summed E-state index contributed by atoms with van der Waals surface area (Å²) < 4.78 is 11.0. The van der Waals surface area contributed by atoms with Gasteiger partial charge in [-0.05, 0) is 45.5 Å². The highest BCUT2D eigenvalue weighted by Gasteiger charge is 2.36. The van der Waals surface area contributed by atoms with Crippen molar-refractivity contribution in [3.05, 3.63) is 39.1 Å². The van der Waals surface area contributed by atoms with Crippen molar-refractivity contribution in [3.63, 3.8) is 0 Å². The van der Waals surface area contributed by atoms with Crippen molar-refractivity contribution < 1.29 is 19.2 Å². The molecule has 1 atom stereocenters. The minimum atomic E-state index is -0.747. The van der Waals surface area contributed by atoms with Crippen LogP contribution in [0.1, 0.15) is 45.7 Å². The van der Waals surface area contributed by atoms with Gasteiger partial charge in [-0.1, -0.05) is 6.92 Å². The Morgan fingerprint density at radius 1 is 1.36 bits per heavy atom. The first kappa shape index (κ1) is 21.6. The second-order valence-electron chi connectivity index (χ2n) is 6.35. The zero-order valence-electron chi connectivity index (χ0n) is 16.7. The van der Waals surface area contributed by atoms with E-state index in [4.69, 9.17) is 21.7 Å². The van der Waals surface area contributed by atoms with E-state index < -0.39 is 11.0 Å². The molecule has 0 saturated heterocycles. The second-order valence-corrected chi connectivity index (χ2v) is 6.74. The molecule has 0 spiro atoms. The highest BCUT2D eigenvalue weighted by molar-refractivity contribution is 7.80. The molecule has 1 aromatic rings. The maximum absolute atomic E-state index is 12.4. The van der Waals surface area contributed by atoms with Crippen LogP contribution in [0.2, 0.25) is 0 Å². The van der Waals surface area contributed by atoms with Crippen LogP contribution >= 0.6 is 12.2 Å². The largest absolute Gasteiger partial charge is 0.493 e. The number of hydrogen-bond acceptors (Lipinski definition) is 6. The number of carbonyl (C=O) groups excluding carboxylic acids is 1. The fourth-order valence-electron chi connectivity index (χ4n) is 3.29. The van der Waals surface area contributed by atoms with Crippen molar-refractivity contribution in [2.75, 3.05) is 20.3 Å². The van der Waals surface area contributed by atoms with E-state index in [1.807, 2.05) is 13.8 Å². The Labute approximate surface area is 169 Å². The van der Waals surface area contributed by atoms with Crippen LogP contribution in [-0.2, 0) is 4.79 Å². The van der Waals surface area contributed by atoms with E-state index in [2.05, 4.69) is 5.32 Å². The molecule has 152 valence electrons. The van der Waals surface area contributed by atoms with Gasteiger partial charge in [0.05, 0.1) is 36.3 Å². The number of allylic oxidation sites excluding steroid dienone is 1. The van der Waals surface area contributed by atoms with Crippen LogP contribution < -0.4 is 14.8 Å². The number of thiocarbonyl (C=S) groups is 1. The van der Waals surface area contributed by atoms with Gasteiger partial charge in [-0.2, -0.15) is 0 Å². The second kappa shape index (κ2) is 9.01. The van der Waals surface area contributed by atoms with Gasteiger partial charge in [0.1, 0.15) is 0 Å². The van der Waals surface area contributed by atoms with Crippen LogP contribution in [0.4, 0.5) is 5.69 Å². The summed E-state index contributed by atoms with van der Waals surface area (Å²) in [6.07, 6.45) is 0.768. The summed E-state index contributed by atoms with van der Waals surface area (Å²) in [5, 5.41) is 15.3. The molecule has 0 amide bonds. The third-order valence-corrected chi connectivity index (χ3v) is 4.91. The van der Waals surface area contributed by atoms with Crippen molar-refractivity contribution in [1.29, 1.82) is 0 Å². The predicted octanol–water partition coefficient (Wildman–Crippen LogP) is 3.51. The number of benzene rings is 1. The molecule has 1 aliphatic rings. The Hall–Kier alpha value is -2.68. The Balaban J connectivity index is 2.72. The zero-order chi connectivity index (χ0) is 21.0. The Kier molecular flexibility index (Phi) is 6.95. The van der Waals surface area contributed by atoms with Crippen LogP contribution in [0.3, 0.4) is 0 Å². The van der Waals surface area contributed by atoms with Gasteiger partial charge < -0.3 is 19.7 Å². The SMILES string of the molecule is CCCOc1cc(C2NC(=S)N(CC)C(C)=C2C(C)=O)c([N+](=O)[O-])cc1OC. The summed E-state index contributed by atoms with van der Waals surface area (Å²) in [7, 11) is 1.43. The van der Waals surface area contributed by atoms with Gasteiger partial charge in [0.2, 0.25) is 0 Å². The van der Waals surface area contributed by atoms with Crippen LogP contribution in [0, 0.1) is 10.1 Å². The van der Waals surface area contributed by atoms with Crippen molar-refractivity contribution in [2.24, 2.45) is 0 Å². The molecule has 0 aromatic heterocycles. The summed E-state index contributed by atoms with van der Waals surface area (Å²) >= 11 is 5.42. The topological polar surface area (TPSA) is 93.9 Å². The first-order valence-electron chi connectivity index (χ1n) is 9.05. The first-order chi connectivity index (χ1) is 13.3. The Bertz CT molecular complexity index is 837. The van der Waals surface area contributed by atoms with E-state index in [9.17, 15) is 14.9 Å². The van der Waals surface area contributed by atoms with Gasteiger partial charge in [0.25, 0.3) is 5.69 Å². The molecule has 0 bridgehead atoms. The van der Waals surface area contributed by atoms with Gasteiger partial charge in [-0.3, -0.25) is 14.9 Å². The van der Waals surface area contributed by atoms with Crippen molar-refractivity contribution in [1.82, 2.24) is 10.2 Å². The molecule has 0 radical (unpaired) electrons. The summed E-state index contributed by atoms with van der Waals surface area (Å²) in [5.74, 6) is 0.468. The van der Waals surface area contributed by atoms with Gasteiger partial charge in [0.15, 0.2) is 22.4 Å². The molecule has 28 heavy (non-hydrogen) atoms. The lowest BCUT2D eigenvalue weighted by Crippen LogP contribution is -2.47.